The largest absolute Gasteiger partial charge is 0.351 e. The average molecular weight is 269 g/mol. The lowest BCUT2D eigenvalue weighted by Gasteiger charge is -2.11. The summed E-state index contributed by atoms with van der Waals surface area (Å²) >= 11 is 1.67. The zero-order valence-corrected chi connectivity index (χ0v) is 11.7. The number of amides is 1. The van der Waals surface area contributed by atoms with E-state index in [0.717, 1.165) is 24.2 Å². The van der Waals surface area contributed by atoms with Crippen LogP contribution in [0.4, 0.5) is 4.39 Å². The Balaban J connectivity index is 2.29. The molecule has 0 aliphatic heterocycles. The molecule has 2 nitrogen and oxygen atoms in total. The van der Waals surface area contributed by atoms with Gasteiger partial charge in [-0.1, -0.05) is 25.5 Å². The average Bonchev–Trinajstić information content (AvgIpc) is 2.38. The number of hydrogen-bond acceptors (Lipinski definition) is 2. The van der Waals surface area contributed by atoms with E-state index in [1.165, 1.54) is 12.1 Å². The number of halogens is 1. The molecule has 100 valence electrons. The Labute approximate surface area is 112 Å². The van der Waals surface area contributed by atoms with E-state index in [1.807, 2.05) is 6.92 Å². The predicted molar refractivity (Wildman–Crippen MR) is 75.1 cm³/mol. The van der Waals surface area contributed by atoms with E-state index in [2.05, 4.69) is 12.2 Å². The van der Waals surface area contributed by atoms with Crippen LogP contribution in [0.2, 0.25) is 0 Å². The minimum Gasteiger partial charge on any atom is -0.351 e. The summed E-state index contributed by atoms with van der Waals surface area (Å²) in [6.07, 6.45) is 2.29. The minimum atomic E-state index is -0.256. The van der Waals surface area contributed by atoms with Crippen LogP contribution in [0.1, 0.15) is 32.3 Å². The van der Waals surface area contributed by atoms with E-state index < -0.39 is 0 Å². The molecule has 0 spiro atoms. The molecule has 4 heteroatoms. The van der Waals surface area contributed by atoms with Crippen LogP contribution in [-0.4, -0.2) is 16.9 Å². The lowest BCUT2D eigenvalue weighted by atomic mass is 10.2. The van der Waals surface area contributed by atoms with Crippen LogP contribution in [0.25, 0.3) is 0 Å². The van der Waals surface area contributed by atoms with Gasteiger partial charge >= 0.3 is 0 Å². The molecule has 0 heterocycles. The maximum absolute atomic E-state index is 12.7. The third kappa shape index (κ3) is 5.54. The van der Waals surface area contributed by atoms with Gasteiger partial charge in [-0.3, -0.25) is 4.79 Å². The second-order valence-electron chi connectivity index (χ2n) is 4.21. The Kier molecular flexibility index (Phi) is 6.80. The van der Waals surface area contributed by atoms with Gasteiger partial charge in [-0.15, -0.1) is 11.8 Å². The summed E-state index contributed by atoms with van der Waals surface area (Å²) in [6.45, 7) is 4.51. The zero-order chi connectivity index (χ0) is 13.4. The Hall–Kier alpha value is -1.03. The van der Waals surface area contributed by atoms with Crippen LogP contribution < -0.4 is 5.32 Å². The summed E-state index contributed by atoms with van der Waals surface area (Å²) in [7, 11) is 0. The third-order valence-electron chi connectivity index (χ3n) is 2.61. The number of hydrogen-bond donors (Lipinski definition) is 1. The fraction of sp³-hybridized carbons (Fsp3) is 0.500. The molecule has 0 bridgehead atoms. The van der Waals surface area contributed by atoms with Crippen molar-refractivity contribution in [3.05, 3.63) is 35.6 Å². The number of carbonyl (C=O) groups is 1. The van der Waals surface area contributed by atoms with Crippen molar-refractivity contribution < 1.29 is 9.18 Å². The monoisotopic (exact) mass is 269 g/mol. The van der Waals surface area contributed by atoms with Gasteiger partial charge in [0.15, 0.2) is 0 Å². The standard InChI is InChI=1S/C14H20FNOS/c1-3-4-9-18-11(2)14(17)16-10-12-5-7-13(15)8-6-12/h5-8,11H,3-4,9-10H2,1-2H3,(H,16,17). The van der Waals surface area contributed by atoms with Gasteiger partial charge in [0.1, 0.15) is 5.82 Å². The van der Waals surface area contributed by atoms with Gasteiger partial charge in [-0.2, -0.15) is 0 Å². The minimum absolute atomic E-state index is 0.0306. The van der Waals surface area contributed by atoms with E-state index in [-0.39, 0.29) is 17.0 Å². The molecule has 1 unspecified atom stereocenters. The molecule has 0 saturated heterocycles. The molecule has 0 saturated carbocycles. The predicted octanol–water partition coefficient (Wildman–Crippen LogP) is 3.36. The molecule has 1 rings (SSSR count). The maximum Gasteiger partial charge on any atom is 0.233 e. The molecule has 0 aliphatic carbocycles. The molecular weight excluding hydrogens is 249 g/mol. The first-order valence-electron chi connectivity index (χ1n) is 6.27. The van der Waals surface area contributed by atoms with Crippen molar-refractivity contribution in [1.29, 1.82) is 0 Å². The highest BCUT2D eigenvalue weighted by Gasteiger charge is 2.12. The highest BCUT2D eigenvalue weighted by atomic mass is 32.2. The van der Waals surface area contributed by atoms with Crippen LogP contribution in [0.3, 0.4) is 0 Å². The third-order valence-corrected chi connectivity index (χ3v) is 3.85. The van der Waals surface area contributed by atoms with Crippen molar-refractivity contribution in [1.82, 2.24) is 5.32 Å². The smallest absolute Gasteiger partial charge is 0.233 e. The lowest BCUT2D eigenvalue weighted by Crippen LogP contribution is -2.30. The van der Waals surface area contributed by atoms with Crippen molar-refractivity contribution >= 4 is 17.7 Å². The Morgan fingerprint density at radius 3 is 2.67 bits per heavy atom. The molecule has 1 aromatic carbocycles. The number of nitrogens with one attached hydrogen (secondary N) is 1. The Morgan fingerprint density at radius 2 is 2.06 bits per heavy atom. The van der Waals surface area contributed by atoms with Crippen molar-refractivity contribution in [2.75, 3.05) is 5.75 Å². The number of rotatable bonds is 7. The summed E-state index contributed by atoms with van der Waals surface area (Å²) in [5.74, 6) is 0.802. The first kappa shape index (κ1) is 15.0. The molecule has 0 aromatic heterocycles. The summed E-state index contributed by atoms with van der Waals surface area (Å²) < 4.78 is 12.7. The van der Waals surface area contributed by atoms with Crippen molar-refractivity contribution in [2.45, 2.75) is 38.5 Å². The summed E-state index contributed by atoms with van der Waals surface area (Å²) in [5, 5.41) is 2.83. The fourth-order valence-corrected chi connectivity index (χ4v) is 2.46. The Morgan fingerprint density at radius 1 is 1.39 bits per heavy atom. The molecule has 1 aromatic rings. The van der Waals surface area contributed by atoms with Crippen LogP contribution in [0.15, 0.2) is 24.3 Å². The second kappa shape index (κ2) is 8.14. The molecular formula is C14H20FNOS. The maximum atomic E-state index is 12.7. The molecule has 1 amide bonds. The van der Waals surface area contributed by atoms with Crippen LogP contribution in [0, 0.1) is 5.82 Å². The first-order valence-corrected chi connectivity index (χ1v) is 7.32. The topological polar surface area (TPSA) is 29.1 Å². The van der Waals surface area contributed by atoms with Gasteiger partial charge in [0.2, 0.25) is 5.91 Å². The Bertz CT molecular complexity index is 367. The van der Waals surface area contributed by atoms with Gasteiger partial charge in [0, 0.05) is 6.54 Å². The SMILES string of the molecule is CCCCSC(C)C(=O)NCc1ccc(F)cc1. The van der Waals surface area contributed by atoms with Gasteiger partial charge in [-0.25, -0.2) is 4.39 Å². The molecule has 1 N–H and O–H groups in total. The summed E-state index contributed by atoms with van der Waals surface area (Å²) in [4.78, 5) is 11.8. The van der Waals surface area contributed by atoms with E-state index in [0.29, 0.717) is 6.54 Å². The van der Waals surface area contributed by atoms with Crippen molar-refractivity contribution in [3.8, 4) is 0 Å². The van der Waals surface area contributed by atoms with Crippen molar-refractivity contribution in [2.24, 2.45) is 0 Å². The van der Waals surface area contributed by atoms with E-state index in [4.69, 9.17) is 0 Å². The van der Waals surface area contributed by atoms with Crippen LogP contribution in [0.5, 0.6) is 0 Å². The fourth-order valence-electron chi connectivity index (χ4n) is 1.42. The second-order valence-corrected chi connectivity index (χ2v) is 5.66. The van der Waals surface area contributed by atoms with Gasteiger partial charge in [0.25, 0.3) is 0 Å². The number of unbranched alkanes of at least 4 members (excludes halogenated alkanes) is 1. The zero-order valence-electron chi connectivity index (χ0n) is 10.9. The van der Waals surface area contributed by atoms with E-state index in [1.54, 1.807) is 23.9 Å². The highest BCUT2D eigenvalue weighted by Crippen LogP contribution is 2.13. The molecule has 18 heavy (non-hydrogen) atoms. The quantitative estimate of drug-likeness (QED) is 0.769. The summed E-state index contributed by atoms with van der Waals surface area (Å²) in [6, 6.07) is 6.18. The molecule has 0 aliphatic rings. The molecule has 0 radical (unpaired) electrons. The number of thioether (sulfide) groups is 1. The summed E-state index contributed by atoms with van der Waals surface area (Å²) in [5.41, 5.74) is 0.913. The molecule has 0 fully saturated rings. The number of carbonyl (C=O) groups excluding carboxylic acids is 1. The van der Waals surface area contributed by atoms with Gasteiger partial charge in [0.05, 0.1) is 5.25 Å². The van der Waals surface area contributed by atoms with E-state index >= 15 is 0 Å². The highest BCUT2D eigenvalue weighted by molar-refractivity contribution is 8.00. The van der Waals surface area contributed by atoms with Gasteiger partial charge < -0.3 is 5.32 Å². The normalized spacial score (nSPS) is 12.2. The van der Waals surface area contributed by atoms with Crippen LogP contribution >= 0.6 is 11.8 Å². The van der Waals surface area contributed by atoms with Crippen LogP contribution in [-0.2, 0) is 11.3 Å². The number of benzene rings is 1. The first-order chi connectivity index (χ1) is 8.63. The lowest BCUT2D eigenvalue weighted by molar-refractivity contribution is -0.120. The van der Waals surface area contributed by atoms with Gasteiger partial charge in [-0.05, 0) is 36.8 Å². The van der Waals surface area contributed by atoms with E-state index in [9.17, 15) is 9.18 Å². The van der Waals surface area contributed by atoms with Crippen molar-refractivity contribution in [3.63, 3.8) is 0 Å². The molecule has 1 atom stereocenters.